The average molecular weight is 210 g/mol. The standard InChI is InChI=1S/C12H15FO2/c1-4-12(14)9(3)15-10-6-5-8(2)11(13)7-10/h5-7,9H,4H2,1-3H3. The molecule has 1 aromatic carbocycles. The van der Waals surface area contributed by atoms with Crippen LogP contribution in [0.2, 0.25) is 0 Å². The van der Waals surface area contributed by atoms with Gasteiger partial charge < -0.3 is 4.74 Å². The first-order valence-electron chi connectivity index (χ1n) is 5.00. The molecule has 0 aliphatic heterocycles. The minimum atomic E-state index is -0.517. The summed E-state index contributed by atoms with van der Waals surface area (Å²) in [6, 6.07) is 4.60. The molecule has 15 heavy (non-hydrogen) atoms. The third kappa shape index (κ3) is 3.05. The van der Waals surface area contributed by atoms with E-state index in [0.29, 0.717) is 17.7 Å². The van der Waals surface area contributed by atoms with E-state index in [1.54, 1.807) is 32.9 Å². The summed E-state index contributed by atoms with van der Waals surface area (Å²) in [6.45, 7) is 5.13. The molecule has 0 bridgehead atoms. The average Bonchev–Trinajstić information content (AvgIpc) is 2.22. The third-order valence-electron chi connectivity index (χ3n) is 2.26. The van der Waals surface area contributed by atoms with Gasteiger partial charge in [0.1, 0.15) is 11.6 Å². The summed E-state index contributed by atoms with van der Waals surface area (Å²) < 4.78 is 18.5. The Hall–Kier alpha value is -1.38. The summed E-state index contributed by atoms with van der Waals surface area (Å²) in [4.78, 5) is 11.2. The van der Waals surface area contributed by atoms with E-state index >= 15 is 0 Å². The molecule has 0 radical (unpaired) electrons. The molecule has 0 heterocycles. The van der Waals surface area contributed by atoms with Crippen molar-refractivity contribution in [2.75, 3.05) is 0 Å². The Kier molecular flexibility index (Phi) is 3.83. The molecule has 1 rings (SSSR count). The molecule has 0 N–H and O–H groups in total. The fraction of sp³-hybridized carbons (Fsp3) is 0.417. The van der Waals surface area contributed by atoms with Gasteiger partial charge in [0.25, 0.3) is 0 Å². The summed E-state index contributed by atoms with van der Waals surface area (Å²) in [5, 5.41) is 0. The molecule has 3 heteroatoms. The molecule has 0 aliphatic carbocycles. The van der Waals surface area contributed by atoms with E-state index in [1.807, 2.05) is 0 Å². The Balaban J connectivity index is 2.73. The number of carbonyl (C=O) groups excluding carboxylic acids is 1. The van der Waals surface area contributed by atoms with Crippen LogP contribution in [-0.2, 0) is 4.79 Å². The molecule has 0 spiro atoms. The normalized spacial score (nSPS) is 12.3. The van der Waals surface area contributed by atoms with Gasteiger partial charge >= 0.3 is 0 Å². The Morgan fingerprint density at radius 1 is 1.53 bits per heavy atom. The van der Waals surface area contributed by atoms with Crippen LogP contribution in [0.4, 0.5) is 4.39 Å². The number of carbonyl (C=O) groups is 1. The van der Waals surface area contributed by atoms with Crippen molar-refractivity contribution < 1.29 is 13.9 Å². The fourth-order valence-corrected chi connectivity index (χ4v) is 1.20. The van der Waals surface area contributed by atoms with E-state index in [-0.39, 0.29) is 11.6 Å². The van der Waals surface area contributed by atoms with Crippen LogP contribution in [0.15, 0.2) is 18.2 Å². The molecule has 0 fully saturated rings. The quantitative estimate of drug-likeness (QED) is 0.763. The molecule has 0 saturated carbocycles. The number of ether oxygens (including phenoxy) is 1. The summed E-state index contributed by atoms with van der Waals surface area (Å²) >= 11 is 0. The summed E-state index contributed by atoms with van der Waals surface area (Å²) in [6.07, 6.45) is -0.0905. The number of hydrogen-bond acceptors (Lipinski definition) is 2. The van der Waals surface area contributed by atoms with Gasteiger partial charge in [-0.1, -0.05) is 13.0 Å². The van der Waals surface area contributed by atoms with Gasteiger partial charge in [-0.05, 0) is 25.5 Å². The maximum absolute atomic E-state index is 13.1. The Labute approximate surface area is 89.1 Å². The number of rotatable bonds is 4. The van der Waals surface area contributed by atoms with Crippen molar-refractivity contribution in [3.63, 3.8) is 0 Å². The lowest BCUT2D eigenvalue weighted by molar-refractivity contribution is -0.124. The van der Waals surface area contributed by atoms with Crippen molar-refractivity contribution in [2.45, 2.75) is 33.3 Å². The number of Topliss-reactive ketones (excluding diaryl/α,β-unsaturated/α-hetero) is 1. The van der Waals surface area contributed by atoms with Gasteiger partial charge in [-0.2, -0.15) is 0 Å². The van der Waals surface area contributed by atoms with Crippen molar-refractivity contribution in [1.82, 2.24) is 0 Å². The van der Waals surface area contributed by atoms with Crippen molar-refractivity contribution in [3.05, 3.63) is 29.6 Å². The maximum atomic E-state index is 13.1. The van der Waals surface area contributed by atoms with E-state index in [0.717, 1.165) is 0 Å². The van der Waals surface area contributed by atoms with Gasteiger partial charge in [-0.15, -0.1) is 0 Å². The minimum absolute atomic E-state index is 0.0102. The second-order valence-electron chi connectivity index (χ2n) is 3.49. The zero-order valence-electron chi connectivity index (χ0n) is 9.21. The first-order valence-corrected chi connectivity index (χ1v) is 5.00. The smallest absolute Gasteiger partial charge is 0.172 e. The first-order chi connectivity index (χ1) is 7.04. The number of hydrogen-bond donors (Lipinski definition) is 0. The van der Waals surface area contributed by atoms with Gasteiger partial charge in [0.2, 0.25) is 0 Å². The maximum Gasteiger partial charge on any atom is 0.172 e. The highest BCUT2D eigenvalue weighted by Crippen LogP contribution is 2.17. The third-order valence-corrected chi connectivity index (χ3v) is 2.26. The van der Waals surface area contributed by atoms with Crippen molar-refractivity contribution >= 4 is 5.78 Å². The summed E-state index contributed by atoms with van der Waals surface area (Å²) in [5.74, 6) is 0.0898. The van der Waals surface area contributed by atoms with E-state index in [4.69, 9.17) is 4.74 Å². The van der Waals surface area contributed by atoms with E-state index in [2.05, 4.69) is 0 Å². The van der Waals surface area contributed by atoms with Crippen LogP contribution in [0.25, 0.3) is 0 Å². The second kappa shape index (κ2) is 4.91. The molecule has 1 atom stereocenters. The van der Waals surface area contributed by atoms with Crippen molar-refractivity contribution in [2.24, 2.45) is 0 Å². The van der Waals surface area contributed by atoms with Gasteiger partial charge in [-0.25, -0.2) is 4.39 Å². The Morgan fingerprint density at radius 3 is 2.73 bits per heavy atom. The monoisotopic (exact) mass is 210 g/mol. The highest BCUT2D eigenvalue weighted by molar-refractivity contribution is 5.82. The highest BCUT2D eigenvalue weighted by Gasteiger charge is 2.12. The van der Waals surface area contributed by atoms with Crippen LogP contribution in [0.1, 0.15) is 25.8 Å². The van der Waals surface area contributed by atoms with Gasteiger partial charge in [-0.3, -0.25) is 4.79 Å². The van der Waals surface area contributed by atoms with Crippen molar-refractivity contribution in [3.8, 4) is 5.75 Å². The fourth-order valence-electron chi connectivity index (χ4n) is 1.20. The molecule has 0 aliphatic rings. The predicted octanol–water partition coefficient (Wildman–Crippen LogP) is 2.88. The minimum Gasteiger partial charge on any atom is -0.483 e. The second-order valence-corrected chi connectivity index (χ2v) is 3.49. The molecule has 0 amide bonds. The van der Waals surface area contributed by atoms with Crippen LogP contribution in [-0.4, -0.2) is 11.9 Å². The lowest BCUT2D eigenvalue weighted by atomic mass is 10.2. The predicted molar refractivity (Wildman–Crippen MR) is 56.5 cm³/mol. The summed E-state index contributed by atoms with van der Waals surface area (Å²) in [5.41, 5.74) is 0.567. The number of aryl methyl sites for hydroxylation is 1. The molecular weight excluding hydrogens is 195 g/mol. The van der Waals surface area contributed by atoms with Crippen LogP contribution >= 0.6 is 0 Å². The van der Waals surface area contributed by atoms with Gasteiger partial charge in [0.05, 0.1) is 0 Å². The molecule has 0 saturated heterocycles. The van der Waals surface area contributed by atoms with E-state index < -0.39 is 6.10 Å². The van der Waals surface area contributed by atoms with Crippen LogP contribution < -0.4 is 4.74 Å². The van der Waals surface area contributed by atoms with Crippen LogP contribution in [0.3, 0.4) is 0 Å². The van der Waals surface area contributed by atoms with Crippen LogP contribution in [0.5, 0.6) is 5.75 Å². The molecule has 82 valence electrons. The summed E-state index contributed by atoms with van der Waals surface area (Å²) in [7, 11) is 0. The lowest BCUT2D eigenvalue weighted by Gasteiger charge is -2.12. The zero-order chi connectivity index (χ0) is 11.4. The molecule has 1 aromatic rings. The number of benzene rings is 1. The van der Waals surface area contributed by atoms with Crippen LogP contribution in [0, 0.1) is 12.7 Å². The molecular formula is C12H15FO2. The van der Waals surface area contributed by atoms with Gasteiger partial charge in [0, 0.05) is 12.5 Å². The first kappa shape index (κ1) is 11.7. The zero-order valence-corrected chi connectivity index (χ0v) is 9.21. The largest absolute Gasteiger partial charge is 0.483 e. The van der Waals surface area contributed by atoms with E-state index in [1.165, 1.54) is 6.07 Å². The lowest BCUT2D eigenvalue weighted by Crippen LogP contribution is -2.22. The Bertz CT molecular complexity index is 361. The topological polar surface area (TPSA) is 26.3 Å². The number of ketones is 1. The molecule has 1 unspecified atom stereocenters. The number of halogens is 1. The Morgan fingerprint density at radius 2 is 2.20 bits per heavy atom. The highest BCUT2D eigenvalue weighted by atomic mass is 19.1. The molecule has 0 aromatic heterocycles. The van der Waals surface area contributed by atoms with E-state index in [9.17, 15) is 9.18 Å². The SMILES string of the molecule is CCC(=O)C(C)Oc1ccc(C)c(F)c1. The van der Waals surface area contributed by atoms with Crippen molar-refractivity contribution in [1.29, 1.82) is 0 Å². The molecule has 2 nitrogen and oxygen atoms in total. The van der Waals surface area contributed by atoms with Gasteiger partial charge in [0.15, 0.2) is 11.9 Å².